The monoisotopic (exact) mass is 526 g/mol. The summed E-state index contributed by atoms with van der Waals surface area (Å²) in [7, 11) is 3.95. The number of nitrogens with one attached hydrogen (secondary N) is 1. The highest BCUT2D eigenvalue weighted by Gasteiger charge is 2.23. The number of amides is 1. The van der Waals surface area contributed by atoms with Crippen LogP contribution in [0.1, 0.15) is 25.3 Å². The Hall–Kier alpha value is -2.30. The van der Waals surface area contributed by atoms with E-state index in [1.165, 1.54) is 0 Å². The molecule has 0 saturated carbocycles. The topological polar surface area (TPSA) is 96.1 Å². The summed E-state index contributed by atoms with van der Waals surface area (Å²) >= 11 is 0. The van der Waals surface area contributed by atoms with E-state index < -0.39 is 0 Å². The first kappa shape index (κ1) is 24.0. The third kappa shape index (κ3) is 6.10. The Morgan fingerprint density at radius 3 is 2.70 bits per heavy atom. The number of halogens is 1. The van der Waals surface area contributed by atoms with Crippen LogP contribution in [0.15, 0.2) is 35.3 Å². The van der Waals surface area contributed by atoms with E-state index in [0.29, 0.717) is 32.2 Å². The number of aromatic nitrogens is 1. The average Bonchev–Trinajstić information content (AvgIpc) is 2.72. The number of carbonyl (C=O) groups excluding carboxylic acids is 1. The molecule has 0 unspecified atom stereocenters. The standard InChI is InChI=1S/C21H30N6O2.HI/c1-4-29-21(28)27-11-9-16(10-12-27)24-20(22)23-14-15-13-19(26(2)3)25-18-8-6-5-7-17(15)18;/h5-8,13,16H,4,9-12,14H2,1-3H3,(H3,22,23,24);1H. The summed E-state index contributed by atoms with van der Waals surface area (Å²) < 4.78 is 5.06. The zero-order valence-corrected chi connectivity index (χ0v) is 20.1. The Morgan fingerprint density at radius 1 is 1.33 bits per heavy atom. The first-order valence-corrected chi connectivity index (χ1v) is 10.0. The predicted octanol–water partition coefficient (Wildman–Crippen LogP) is 2.94. The van der Waals surface area contributed by atoms with E-state index in [4.69, 9.17) is 10.5 Å². The van der Waals surface area contributed by atoms with Crippen LogP contribution in [0.3, 0.4) is 0 Å². The number of hydrogen-bond acceptors (Lipinski definition) is 5. The van der Waals surface area contributed by atoms with Gasteiger partial charge in [0.25, 0.3) is 0 Å². The van der Waals surface area contributed by atoms with E-state index in [2.05, 4.69) is 27.4 Å². The minimum Gasteiger partial charge on any atom is -0.450 e. The molecule has 1 aliphatic rings. The summed E-state index contributed by atoms with van der Waals surface area (Å²) in [4.78, 5) is 24.8. The van der Waals surface area contributed by atoms with Crippen molar-refractivity contribution < 1.29 is 9.53 Å². The number of guanidine groups is 1. The summed E-state index contributed by atoms with van der Waals surface area (Å²) in [5.74, 6) is 1.32. The van der Waals surface area contributed by atoms with Crippen LogP contribution in [-0.4, -0.2) is 61.8 Å². The number of ether oxygens (including phenoxy) is 1. The smallest absolute Gasteiger partial charge is 0.409 e. The highest BCUT2D eigenvalue weighted by molar-refractivity contribution is 14.0. The second-order valence-corrected chi connectivity index (χ2v) is 7.36. The molecule has 30 heavy (non-hydrogen) atoms. The van der Waals surface area contributed by atoms with Gasteiger partial charge in [-0.3, -0.25) is 0 Å². The number of rotatable bonds is 5. The molecule has 1 aromatic carbocycles. The fourth-order valence-corrected chi connectivity index (χ4v) is 3.44. The molecule has 3 rings (SSSR count). The molecular weight excluding hydrogens is 495 g/mol. The molecule has 0 radical (unpaired) electrons. The van der Waals surface area contributed by atoms with Gasteiger partial charge >= 0.3 is 6.09 Å². The summed E-state index contributed by atoms with van der Waals surface area (Å²) in [5.41, 5.74) is 8.17. The lowest BCUT2D eigenvalue weighted by Gasteiger charge is -2.31. The zero-order valence-electron chi connectivity index (χ0n) is 17.8. The normalized spacial score (nSPS) is 14.9. The van der Waals surface area contributed by atoms with Crippen molar-refractivity contribution in [3.05, 3.63) is 35.9 Å². The highest BCUT2D eigenvalue weighted by Crippen LogP contribution is 2.22. The Labute approximate surface area is 194 Å². The van der Waals surface area contributed by atoms with Gasteiger partial charge in [0.2, 0.25) is 0 Å². The summed E-state index contributed by atoms with van der Waals surface area (Å²) in [6, 6.07) is 10.3. The van der Waals surface area contributed by atoms with Crippen LogP contribution in [0, 0.1) is 0 Å². The van der Waals surface area contributed by atoms with Gasteiger partial charge in [-0.1, -0.05) is 18.2 Å². The molecule has 8 nitrogen and oxygen atoms in total. The van der Waals surface area contributed by atoms with E-state index in [-0.39, 0.29) is 36.1 Å². The van der Waals surface area contributed by atoms with Gasteiger partial charge in [-0.15, -0.1) is 24.0 Å². The Balaban J connectivity index is 0.00000320. The molecule has 164 valence electrons. The zero-order chi connectivity index (χ0) is 20.8. The second-order valence-electron chi connectivity index (χ2n) is 7.36. The van der Waals surface area contributed by atoms with Crippen molar-refractivity contribution in [3.63, 3.8) is 0 Å². The van der Waals surface area contributed by atoms with Gasteiger partial charge < -0.3 is 25.6 Å². The van der Waals surface area contributed by atoms with Gasteiger partial charge in [-0.05, 0) is 37.5 Å². The quantitative estimate of drug-likeness (QED) is 0.354. The molecule has 0 bridgehead atoms. The first-order valence-electron chi connectivity index (χ1n) is 10.0. The Morgan fingerprint density at radius 2 is 2.03 bits per heavy atom. The van der Waals surface area contributed by atoms with Crippen molar-refractivity contribution in [2.75, 3.05) is 38.7 Å². The van der Waals surface area contributed by atoms with Crippen LogP contribution in [0.25, 0.3) is 10.9 Å². The van der Waals surface area contributed by atoms with Gasteiger partial charge in [0.1, 0.15) is 5.82 Å². The third-order valence-electron chi connectivity index (χ3n) is 5.04. The number of benzene rings is 1. The van der Waals surface area contributed by atoms with Crippen molar-refractivity contribution in [2.45, 2.75) is 32.4 Å². The largest absolute Gasteiger partial charge is 0.450 e. The highest BCUT2D eigenvalue weighted by atomic mass is 127. The molecule has 1 fully saturated rings. The molecule has 1 amide bonds. The van der Waals surface area contributed by atoms with Crippen LogP contribution in [0.5, 0.6) is 0 Å². The van der Waals surface area contributed by atoms with Crippen molar-refractivity contribution in [2.24, 2.45) is 10.7 Å². The second kappa shape index (κ2) is 11.2. The van der Waals surface area contributed by atoms with Crippen molar-refractivity contribution in [3.8, 4) is 0 Å². The lowest BCUT2D eigenvalue weighted by Crippen LogP contribution is -2.48. The lowest BCUT2D eigenvalue weighted by molar-refractivity contribution is 0.0963. The third-order valence-corrected chi connectivity index (χ3v) is 5.04. The molecular formula is C21H31IN6O2. The molecule has 3 N–H and O–H groups in total. The van der Waals surface area contributed by atoms with E-state index in [1.807, 2.05) is 44.1 Å². The maximum absolute atomic E-state index is 11.8. The molecule has 2 heterocycles. The van der Waals surface area contributed by atoms with Crippen LogP contribution >= 0.6 is 24.0 Å². The number of hydrogen-bond donors (Lipinski definition) is 2. The van der Waals surface area contributed by atoms with Gasteiger partial charge in [0.15, 0.2) is 5.96 Å². The van der Waals surface area contributed by atoms with Crippen LogP contribution in [-0.2, 0) is 11.3 Å². The molecule has 0 aliphatic carbocycles. The lowest BCUT2D eigenvalue weighted by atomic mass is 10.1. The molecule has 1 aliphatic heterocycles. The van der Waals surface area contributed by atoms with Crippen LogP contribution in [0.2, 0.25) is 0 Å². The van der Waals surface area contributed by atoms with Crippen LogP contribution < -0.4 is 16.0 Å². The molecule has 2 aromatic rings. The number of aliphatic imine (C=N–C) groups is 1. The average molecular weight is 526 g/mol. The molecule has 9 heteroatoms. The summed E-state index contributed by atoms with van der Waals surface area (Å²) in [5, 5.41) is 4.37. The molecule has 0 spiro atoms. The minimum atomic E-state index is -0.242. The Bertz CT molecular complexity index is 881. The van der Waals surface area contributed by atoms with Gasteiger partial charge in [0, 0.05) is 38.6 Å². The number of piperidine rings is 1. The van der Waals surface area contributed by atoms with E-state index in [0.717, 1.165) is 35.1 Å². The number of nitrogens with zero attached hydrogens (tertiary/aromatic N) is 4. The van der Waals surface area contributed by atoms with Gasteiger partial charge in [-0.25, -0.2) is 14.8 Å². The first-order chi connectivity index (χ1) is 14.0. The maximum atomic E-state index is 11.8. The number of nitrogens with two attached hydrogens (primary N) is 1. The van der Waals surface area contributed by atoms with Crippen molar-refractivity contribution >= 4 is 52.8 Å². The predicted molar refractivity (Wildman–Crippen MR) is 132 cm³/mol. The number of carbonyl (C=O) groups is 1. The minimum absolute atomic E-state index is 0. The van der Waals surface area contributed by atoms with Gasteiger partial charge in [-0.2, -0.15) is 0 Å². The SMILES string of the molecule is CCOC(=O)N1CCC(NC(N)=NCc2cc(N(C)C)nc3ccccc23)CC1.I. The van der Waals surface area contributed by atoms with Gasteiger partial charge in [0.05, 0.1) is 18.7 Å². The van der Waals surface area contributed by atoms with E-state index >= 15 is 0 Å². The van der Waals surface area contributed by atoms with Crippen molar-refractivity contribution in [1.82, 2.24) is 15.2 Å². The number of para-hydroxylation sites is 1. The van der Waals surface area contributed by atoms with Crippen LogP contribution in [0.4, 0.5) is 10.6 Å². The van der Waals surface area contributed by atoms with E-state index in [9.17, 15) is 4.79 Å². The summed E-state index contributed by atoms with van der Waals surface area (Å²) in [6.45, 7) is 4.01. The fraction of sp³-hybridized carbons (Fsp3) is 0.476. The van der Waals surface area contributed by atoms with E-state index in [1.54, 1.807) is 4.90 Å². The number of fused-ring (bicyclic) bond motifs is 1. The molecule has 1 aromatic heterocycles. The maximum Gasteiger partial charge on any atom is 0.409 e. The number of likely N-dealkylation sites (tertiary alicyclic amines) is 1. The number of pyridine rings is 1. The van der Waals surface area contributed by atoms with Crippen molar-refractivity contribution in [1.29, 1.82) is 0 Å². The fourth-order valence-electron chi connectivity index (χ4n) is 3.44. The summed E-state index contributed by atoms with van der Waals surface area (Å²) in [6.07, 6.45) is 1.39. The number of anilines is 1. The Kier molecular flexibility index (Phi) is 8.94. The molecule has 0 atom stereocenters. The molecule has 1 saturated heterocycles.